The minimum Gasteiger partial charge on any atom is -0.507 e. The predicted molar refractivity (Wildman–Crippen MR) is 137 cm³/mol. The molecule has 0 saturated heterocycles. The Morgan fingerprint density at radius 2 is 1.14 bits per heavy atom. The number of halogens is 4. The Hall–Kier alpha value is -3.09. The molecule has 1 aromatic heterocycles. The molecule has 0 aliphatic rings. The second-order valence-electron chi connectivity index (χ2n) is 10.9. The number of rotatable bonds is 1. The normalized spacial score (nSPS) is 12.5. The van der Waals surface area contributed by atoms with Crippen molar-refractivity contribution in [1.82, 2.24) is 0 Å². The highest BCUT2D eigenvalue weighted by molar-refractivity contribution is 6.50. The number of aromatic hydroxyl groups is 1. The zero-order valence-electron chi connectivity index (χ0n) is 21.3. The Balaban J connectivity index is 0.000000623. The Morgan fingerprint density at radius 1 is 0.714 bits per heavy atom. The van der Waals surface area contributed by atoms with E-state index < -0.39 is 7.25 Å². The van der Waals surface area contributed by atoms with E-state index in [1.807, 2.05) is 0 Å². The van der Waals surface area contributed by atoms with Gasteiger partial charge in [-0.3, -0.25) is 0 Å². The summed E-state index contributed by atoms with van der Waals surface area (Å²) in [4.78, 5) is 0. The number of para-hydroxylation sites is 2. The van der Waals surface area contributed by atoms with Gasteiger partial charge < -0.3 is 22.4 Å². The number of hydrogen-bond acceptors (Lipinski definition) is 1. The molecule has 1 heterocycles. The molecule has 186 valence electrons. The Labute approximate surface area is 204 Å². The fraction of sp³-hybridized carbons (Fsp3) is 0.321. The molecule has 0 aliphatic heterocycles. The summed E-state index contributed by atoms with van der Waals surface area (Å²) in [7, 11) is -3.89. The number of hydrogen-bond donors (Lipinski definition) is 1. The Bertz CT molecular complexity index is 1320. The Morgan fingerprint density at radius 3 is 1.54 bits per heavy atom. The summed E-state index contributed by atoms with van der Waals surface area (Å²) >= 11 is 0. The van der Waals surface area contributed by atoms with Crippen molar-refractivity contribution in [3.05, 3.63) is 71.8 Å². The number of nitrogens with zero attached hydrogens (tertiary/aromatic N) is 1. The van der Waals surface area contributed by atoms with Gasteiger partial charge in [-0.2, -0.15) is 4.57 Å². The van der Waals surface area contributed by atoms with Gasteiger partial charge in [-0.05, 0) is 34.6 Å². The molecule has 0 unspecified atom stereocenters. The van der Waals surface area contributed by atoms with Crippen LogP contribution in [0.3, 0.4) is 0 Å². The zero-order chi connectivity index (χ0) is 26.3. The molecule has 0 atom stereocenters. The van der Waals surface area contributed by atoms with Crippen molar-refractivity contribution in [1.29, 1.82) is 0 Å². The molecular formula is C28H32BF4NO. The van der Waals surface area contributed by atoms with Crippen LogP contribution in [0, 0.1) is 0 Å². The van der Waals surface area contributed by atoms with Crippen LogP contribution in [0.4, 0.5) is 17.3 Å². The van der Waals surface area contributed by atoms with E-state index in [1.54, 1.807) is 0 Å². The average molecular weight is 485 g/mol. The van der Waals surface area contributed by atoms with E-state index >= 15 is 0 Å². The van der Waals surface area contributed by atoms with Gasteiger partial charge in [0.15, 0.2) is 0 Å². The van der Waals surface area contributed by atoms with Gasteiger partial charge in [0.1, 0.15) is 12.8 Å². The van der Waals surface area contributed by atoms with E-state index in [-0.39, 0.29) is 10.8 Å². The lowest BCUT2D eigenvalue weighted by Crippen LogP contribution is -2.30. The third-order valence-electron chi connectivity index (χ3n) is 6.12. The van der Waals surface area contributed by atoms with Crippen molar-refractivity contribution in [3.63, 3.8) is 0 Å². The quantitative estimate of drug-likeness (QED) is 0.125. The number of pyridine rings is 1. The lowest BCUT2D eigenvalue weighted by molar-refractivity contribution is -0.617. The summed E-state index contributed by atoms with van der Waals surface area (Å²) in [6.07, 6.45) is 0. The first-order valence-corrected chi connectivity index (χ1v) is 11.6. The Kier molecular flexibility index (Phi) is 6.95. The second kappa shape index (κ2) is 9.17. The minimum absolute atomic E-state index is 0.0203. The van der Waals surface area contributed by atoms with Crippen LogP contribution in [0.5, 0.6) is 5.75 Å². The van der Waals surface area contributed by atoms with E-state index in [4.69, 9.17) is 0 Å². The maximum Gasteiger partial charge on any atom is 0.673 e. The number of phenolic OH excluding ortho intramolecular Hbond substituents is 1. The molecular weight excluding hydrogens is 453 g/mol. The smallest absolute Gasteiger partial charge is 0.507 e. The van der Waals surface area contributed by atoms with Crippen molar-refractivity contribution in [2.75, 3.05) is 0 Å². The fourth-order valence-electron chi connectivity index (χ4n) is 4.35. The summed E-state index contributed by atoms with van der Waals surface area (Å²) in [5.74, 6) is 0.389. The summed E-state index contributed by atoms with van der Waals surface area (Å²) < 4.78 is 41.2. The van der Waals surface area contributed by atoms with Gasteiger partial charge in [-0.25, -0.2) is 0 Å². The molecule has 0 fully saturated rings. The molecule has 0 radical (unpaired) electrons. The highest BCUT2D eigenvalue weighted by Gasteiger charge is 2.28. The van der Waals surface area contributed by atoms with Gasteiger partial charge in [0.2, 0.25) is 11.0 Å². The van der Waals surface area contributed by atoms with Crippen molar-refractivity contribution in [2.24, 2.45) is 7.05 Å². The van der Waals surface area contributed by atoms with Crippen LogP contribution in [0.2, 0.25) is 0 Å². The molecule has 0 aliphatic carbocycles. The van der Waals surface area contributed by atoms with Crippen LogP contribution in [-0.4, -0.2) is 12.4 Å². The molecule has 0 amide bonds. The van der Waals surface area contributed by atoms with Gasteiger partial charge in [0.05, 0.1) is 10.8 Å². The highest BCUT2D eigenvalue weighted by atomic mass is 19.5. The molecule has 3 aromatic carbocycles. The number of benzene rings is 3. The van der Waals surface area contributed by atoms with E-state index in [0.29, 0.717) is 5.75 Å². The minimum atomic E-state index is -6.00. The number of phenols is 1. The van der Waals surface area contributed by atoms with Crippen molar-refractivity contribution in [2.45, 2.75) is 52.4 Å². The molecule has 4 aromatic rings. The summed E-state index contributed by atoms with van der Waals surface area (Å²) in [6, 6.07) is 21.3. The molecule has 0 saturated carbocycles. The van der Waals surface area contributed by atoms with Crippen LogP contribution < -0.4 is 4.57 Å². The van der Waals surface area contributed by atoms with E-state index in [9.17, 15) is 22.4 Å². The van der Waals surface area contributed by atoms with Crippen LogP contribution >= 0.6 is 0 Å². The van der Waals surface area contributed by atoms with Gasteiger partial charge in [0, 0.05) is 28.8 Å². The maximum atomic E-state index is 11.5. The van der Waals surface area contributed by atoms with Gasteiger partial charge in [-0.1, -0.05) is 71.9 Å². The molecule has 4 rings (SSSR count). The van der Waals surface area contributed by atoms with Crippen LogP contribution in [0.15, 0.2) is 60.7 Å². The predicted octanol–water partition coefficient (Wildman–Crippen LogP) is 8.09. The maximum absolute atomic E-state index is 11.5. The van der Waals surface area contributed by atoms with E-state index in [1.165, 1.54) is 5.56 Å². The van der Waals surface area contributed by atoms with Crippen LogP contribution in [0.25, 0.3) is 32.9 Å². The van der Waals surface area contributed by atoms with Crippen molar-refractivity contribution < 1.29 is 26.9 Å². The lowest BCUT2D eigenvalue weighted by atomic mass is 9.77. The lowest BCUT2D eigenvalue weighted by Gasteiger charge is -2.28. The number of fused-ring (bicyclic) bond motifs is 2. The molecule has 35 heavy (non-hydrogen) atoms. The third kappa shape index (κ3) is 5.77. The summed E-state index contributed by atoms with van der Waals surface area (Å²) in [5.41, 5.74) is 6.38. The summed E-state index contributed by atoms with van der Waals surface area (Å²) in [6.45, 7) is 13.2. The van der Waals surface area contributed by atoms with Gasteiger partial charge >= 0.3 is 7.25 Å². The van der Waals surface area contributed by atoms with Crippen LogP contribution in [-0.2, 0) is 17.9 Å². The topological polar surface area (TPSA) is 24.1 Å². The highest BCUT2D eigenvalue weighted by Crippen LogP contribution is 2.45. The molecule has 0 bridgehead atoms. The van der Waals surface area contributed by atoms with Gasteiger partial charge in [-0.15, -0.1) is 0 Å². The summed E-state index contributed by atoms with van der Waals surface area (Å²) in [5, 5.41) is 13.9. The first-order chi connectivity index (χ1) is 16.0. The first kappa shape index (κ1) is 26.5. The van der Waals surface area contributed by atoms with Crippen LogP contribution in [0.1, 0.15) is 52.7 Å². The van der Waals surface area contributed by atoms with Crippen molar-refractivity contribution >= 4 is 29.1 Å². The second-order valence-corrected chi connectivity index (χ2v) is 10.9. The first-order valence-electron chi connectivity index (χ1n) is 11.6. The molecule has 7 heteroatoms. The van der Waals surface area contributed by atoms with E-state index in [2.05, 4.69) is 114 Å². The monoisotopic (exact) mass is 485 g/mol. The van der Waals surface area contributed by atoms with Gasteiger partial charge in [0.25, 0.3) is 0 Å². The molecule has 2 nitrogen and oxygen atoms in total. The fourth-order valence-corrected chi connectivity index (χ4v) is 4.35. The zero-order valence-corrected chi connectivity index (χ0v) is 21.3. The standard InChI is InChI=1S/C28H31NO.BF4/c1-27(2,3)18-16-21(26(30)22(17-18)28(4,5)6)25-19-12-8-10-14-23(19)29(7)24-15-11-9-13-20(24)25;2-1(3,4)5/h8-17H,1-7H3;/q;-1/p+1. The largest absolute Gasteiger partial charge is 0.673 e. The molecule has 0 spiro atoms. The van der Waals surface area contributed by atoms with E-state index in [0.717, 1.165) is 38.5 Å². The third-order valence-corrected chi connectivity index (χ3v) is 6.12. The average Bonchev–Trinajstić information content (AvgIpc) is 2.72. The number of aromatic nitrogens is 1. The SMILES string of the molecule is C[n+]1c2ccccc2c(-c2cc(C(C)(C)C)cc(C(C)(C)C)c2O)c2ccccc21.F[B-](F)(F)F. The molecule has 1 N–H and O–H groups in total. The number of aryl methyl sites for hydroxylation is 1. The van der Waals surface area contributed by atoms with Crippen molar-refractivity contribution in [3.8, 4) is 16.9 Å².